The van der Waals surface area contributed by atoms with Crippen LogP contribution in [0, 0.1) is 11.3 Å². The van der Waals surface area contributed by atoms with Crippen LogP contribution in [0.1, 0.15) is 56.5 Å². The molecule has 28 heavy (non-hydrogen) atoms. The monoisotopic (exact) mass is 384 g/mol. The minimum atomic E-state index is 0.590. The Morgan fingerprint density at radius 1 is 1.36 bits per heavy atom. The topological polar surface area (TPSA) is 82.1 Å². The molecule has 0 spiro atoms. The Kier molecular flexibility index (Phi) is 6.50. The molecule has 0 aromatic carbocycles. The van der Waals surface area contributed by atoms with E-state index in [-0.39, 0.29) is 0 Å². The van der Waals surface area contributed by atoms with Gasteiger partial charge in [0.1, 0.15) is 0 Å². The van der Waals surface area contributed by atoms with Crippen LogP contribution in [0.25, 0.3) is 11.4 Å². The minimum absolute atomic E-state index is 0.590. The second kappa shape index (κ2) is 8.86. The Balaban J connectivity index is 1.98. The lowest BCUT2D eigenvalue weighted by Gasteiger charge is -2.42. The van der Waals surface area contributed by atoms with Gasteiger partial charge in [0.05, 0.1) is 11.4 Å². The molecular weight excluding hydrogens is 348 g/mol. The molecular formula is C22H36N6. The molecule has 2 aliphatic heterocycles. The van der Waals surface area contributed by atoms with Gasteiger partial charge in [-0.3, -0.25) is 4.68 Å². The van der Waals surface area contributed by atoms with E-state index >= 15 is 0 Å². The van der Waals surface area contributed by atoms with Crippen molar-refractivity contribution in [1.29, 1.82) is 5.41 Å². The summed E-state index contributed by atoms with van der Waals surface area (Å²) in [6.45, 7) is 11.6. The highest BCUT2D eigenvalue weighted by Gasteiger charge is 2.31. The Morgan fingerprint density at radius 3 is 2.46 bits per heavy atom. The van der Waals surface area contributed by atoms with Crippen molar-refractivity contribution >= 4 is 17.6 Å². The quantitative estimate of drug-likeness (QED) is 0.520. The van der Waals surface area contributed by atoms with E-state index < -0.39 is 0 Å². The number of allylic oxidation sites excluding steroid dienone is 1. The first-order chi connectivity index (χ1) is 13.5. The lowest BCUT2D eigenvalue weighted by atomic mass is 9.85. The summed E-state index contributed by atoms with van der Waals surface area (Å²) >= 11 is 0. The van der Waals surface area contributed by atoms with Crippen LogP contribution in [-0.2, 0) is 6.42 Å². The van der Waals surface area contributed by atoms with Crippen molar-refractivity contribution in [2.24, 2.45) is 11.7 Å². The van der Waals surface area contributed by atoms with E-state index in [9.17, 15) is 0 Å². The zero-order valence-electron chi connectivity index (χ0n) is 17.6. The molecule has 154 valence electrons. The molecule has 6 nitrogen and oxygen atoms in total. The predicted molar refractivity (Wildman–Crippen MR) is 119 cm³/mol. The SMILES string of the molecule is C=C(N)c1cc(/C(NC)=C(/C=N)CC)c(CC)n1N1CCC(C2CCN2)CC1. The first-order valence-electron chi connectivity index (χ1n) is 10.6. The van der Waals surface area contributed by atoms with Crippen LogP contribution in [-0.4, -0.2) is 43.6 Å². The molecule has 2 fully saturated rings. The average Bonchev–Trinajstić information content (AvgIpc) is 3.04. The lowest BCUT2D eigenvalue weighted by molar-refractivity contribution is 0.214. The molecule has 0 saturated carbocycles. The second-order valence-electron chi connectivity index (χ2n) is 7.87. The summed E-state index contributed by atoms with van der Waals surface area (Å²) in [7, 11) is 1.93. The van der Waals surface area contributed by atoms with E-state index in [0.717, 1.165) is 60.4 Å². The molecule has 1 aromatic heterocycles. The summed E-state index contributed by atoms with van der Waals surface area (Å²) in [6.07, 6.45) is 6.90. The largest absolute Gasteiger partial charge is 0.397 e. The summed E-state index contributed by atoms with van der Waals surface area (Å²) in [5.41, 5.74) is 12.2. The van der Waals surface area contributed by atoms with Crippen LogP contribution in [0.2, 0.25) is 0 Å². The smallest absolute Gasteiger partial charge is 0.0855 e. The van der Waals surface area contributed by atoms with E-state index in [1.807, 2.05) is 7.05 Å². The Bertz CT molecular complexity index is 747. The number of aromatic nitrogens is 1. The van der Waals surface area contributed by atoms with Gasteiger partial charge in [-0.05, 0) is 56.2 Å². The van der Waals surface area contributed by atoms with Crippen molar-refractivity contribution in [1.82, 2.24) is 15.3 Å². The normalized spacial score (nSPS) is 21.1. The Labute approximate surface area is 169 Å². The van der Waals surface area contributed by atoms with E-state index in [2.05, 4.69) is 46.8 Å². The highest BCUT2D eigenvalue weighted by molar-refractivity contribution is 5.90. The van der Waals surface area contributed by atoms with Gasteiger partial charge in [-0.2, -0.15) is 0 Å². The number of nitrogens with one attached hydrogen (secondary N) is 3. The summed E-state index contributed by atoms with van der Waals surface area (Å²) < 4.78 is 2.30. The minimum Gasteiger partial charge on any atom is -0.397 e. The summed E-state index contributed by atoms with van der Waals surface area (Å²) in [5.74, 6) is 0.784. The standard InChI is InChI=1S/C22H36N6/c1-5-16(14-23)22(25-4)18-13-21(15(3)24)28(20(18)6-2)27-11-8-17(9-12-27)19-7-10-26-19/h13-14,17,19,23,25-26H,3,5-12,24H2,1-2,4H3/b22-16-,23-14?. The maximum absolute atomic E-state index is 7.81. The van der Waals surface area contributed by atoms with Gasteiger partial charge in [0, 0.05) is 49.3 Å². The van der Waals surface area contributed by atoms with Gasteiger partial charge in [0.25, 0.3) is 0 Å². The van der Waals surface area contributed by atoms with Crippen molar-refractivity contribution < 1.29 is 0 Å². The summed E-state index contributed by atoms with van der Waals surface area (Å²) in [4.78, 5) is 0. The summed E-state index contributed by atoms with van der Waals surface area (Å²) in [5, 5.41) is 17.2. The third kappa shape index (κ3) is 3.70. The van der Waals surface area contributed by atoms with E-state index in [0.29, 0.717) is 5.70 Å². The van der Waals surface area contributed by atoms with E-state index in [1.54, 1.807) is 0 Å². The van der Waals surface area contributed by atoms with Gasteiger partial charge in [-0.1, -0.05) is 20.4 Å². The van der Waals surface area contributed by atoms with Crippen LogP contribution in [0.4, 0.5) is 0 Å². The lowest BCUT2D eigenvalue weighted by Crippen LogP contribution is -2.53. The van der Waals surface area contributed by atoms with Crippen LogP contribution >= 0.6 is 0 Å². The number of hydrogen-bond acceptors (Lipinski definition) is 5. The molecule has 6 heteroatoms. The van der Waals surface area contributed by atoms with Gasteiger partial charge >= 0.3 is 0 Å². The molecule has 3 heterocycles. The molecule has 2 aliphatic rings. The number of rotatable bonds is 8. The van der Waals surface area contributed by atoms with Crippen molar-refractivity contribution in [2.75, 3.05) is 31.7 Å². The predicted octanol–water partition coefficient (Wildman–Crippen LogP) is 2.68. The Morgan fingerprint density at radius 2 is 2.04 bits per heavy atom. The second-order valence-corrected chi connectivity index (χ2v) is 7.87. The van der Waals surface area contributed by atoms with Crippen LogP contribution in [0.15, 0.2) is 18.2 Å². The highest BCUT2D eigenvalue weighted by Crippen LogP contribution is 2.31. The molecule has 1 unspecified atom stereocenters. The number of piperidine rings is 1. The number of nitrogens with zero attached hydrogens (tertiary/aromatic N) is 2. The fourth-order valence-corrected chi connectivity index (χ4v) is 4.67. The van der Waals surface area contributed by atoms with Crippen LogP contribution < -0.4 is 21.4 Å². The molecule has 0 radical (unpaired) electrons. The van der Waals surface area contributed by atoms with Crippen LogP contribution in [0.3, 0.4) is 0 Å². The van der Waals surface area contributed by atoms with Gasteiger partial charge in [0.2, 0.25) is 0 Å². The Hall–Kier alpha value is -2.21. The van der Waals surface area contributed by atoms with E-state index in [4.69, 9.17) is 11.1 Å². The zero-order valence-corrected chi connectivity index (χ0v) is 17.6. The molecule has 2 saturated heterocycles. The maximum atomic E-state index is 7.81. The molecule has 3 rings (SSSR count). The van der Waals surface area contributed by atoms with Gasteiger partial charge in [-0.25, -0.2) is 0 Å². The molecule has 5 N–H and O–H groups in total. The first kappa shape index (κ1) is 20.5. The fourth-order valence-electron chi connectivity index (χ4n) is 4.67. The fraction of sp³-hybridized carbons (Fsp3) is 0.591. The highest BCUT2D eigenvalue weighted by atomic mass is 15.6. The molecule has 0 bridgehead atoms. The third-order valence-corrected chi connectivity index (χ3v) is 6.37. The molecule has 0 amide bonds. The third-order valence-electron chi connectivity index (χ3n) is 6.37. The summed E-state index contributed by atoms with van der Waals surface area (Å²) in [6, 6.07) is 2.86. The maximum Gasteiger partial charge on any atom is 0.0855 e. The molecule has 1 atom stereocenters. The number of nitrogens with two attached hydrogens (primary N) is 1. The van der Waals surface area contributed by atoms with Crippen molar-refractivity contribution in [3.8, 4) is 0 Å². The van der Waals surface area contributed by atoms with Crippen molar-refractivity contribution in [3.63, 3.8) is 0 Å². The van der Waals surface area contributed by atoms with Gasteiger partial charge in [-0.15, -0.1) is 0 Å². The van der Waals surface area contributed by atoms with Gasteiger partial charge in [0.15, 0.2) is 0 Å². The first-order valence-corrected chi connectivity index (χ1v) is 10.6. The molecule has 0 aliphatic carbocycles. The average molecular weight is 385 g/mol. The number of hydrogen-bond donors (Lipinski definition) is 4. The molecule has 1 aromatic rings. The van der Waals surface area contributed by atoms with Crippen molar-refractivity contribution in [2.45, 2.75) is 52.0 Å². The van der Waals surface area contributed by atoms with Crippen molar-refractivity contribution in [3.05, 3.63) is 35.2 Å². The zero-order chi connectivity index (χ0) is 20.3. The van der Waals surface area contributed by atoms with E-state index in [1.165, 1.54) is 37.7 Å². The van der Waals surface area contributed by atoms with Gasteiger partial charge < -0.3 is 26.8 Å². The van der Waals surface area contributed by atoms with Crippen LogP contribution in [0.5, 0.6) is 0 Å².